The average molecular weight is 587 g/mol. The van der Waals surface area contributed by atoms with Crippen LogP contribution in [-0.4, -0.2) is 60.8 Å². The van der Waals surface area contributed by atoms with Gasteiger partial charge in [-0.25, -0.2) is 4.68 Å². The number of hydrogen-bond acceptors (Lipinski definition) is 8. The summed E-state index contributed by atoms with van der Waals surface area (Å²) in [5, 5.41) is 37.3. The lowest BCUT2D eigenvalue weighted by molar-refractivity contribution is 0.0865. The number of piperidine rings is 1. The van der Waals surface area contributed by atoms with E-state index in [1.807, 2.05) is 35.0 Å². The number of likely N-dealkylation sites (tertiary alicyclic amines) is 1. The van der Waals surface area contributed by atoms with Gasteiger partial charge in [-0.3, -0.25) is 9.88 Å². The van der Waals surface area contributed by atoms with Gasteiger partial charge in [-0.05, 0) is 65.2 Å². The first kappa shape index (κ1) is 29.8. The Labute approximate surface area is 252 Å². The number of halogens is 1. The highest BCUT2D eigenvalue weighted by Gasteiger charge is 2.29. The number of benzene rings is 2. The zero-order valence-electron chi connectivity index (χ0n) is 24.9. The third-order valence-electron chi connectivity index (χ3n) is 7.80. The number of anilines is 2. The monoisotopic (exact) mass is 586 g/mol. The second-order valence-corrected chi connectivity index (χ2v) is 13.1. The molecule has 0 spiro atoms. The number of rotatable bonds is 8. The van der Waals surface area contributed by atoms with Crippen LogP contribution < -0.4 is 10.6 Å². The number of pyridine rings is 1. The first-order chi connectivity index (χ1) is 19.9. The molecule has 1 fully saturated rings. The molecule has 1 aliphatic rings. The van der Waals surface area contributed by atoms with Crippen molar-refractivity contribution in [3.05, 3.63) is 76.7 Å². The van der Waals surface area contributed by atoms with Gasteiger partial charge in [0, 0.05) is 42.4 Å². The fraction of sp³-hybridized carbons (Fsp3) is 0.438. The summed E-state index contributed by atoms with van der Waals surface area (Å²) >= 11 is 6.75. The second-order valence-electron chi connectivity index (χ2n) is 12.7. The molecule has 5 rings (SSSR count). The summed E-state index contributed by atoms with van der Waals surface area (Å²) in [6.45, 7) is 12.5. The minimum atomic E-state index is -0.977. The van der Waals surface area contributed by atoms with Gasteiger partial charge in [0.05, 0.1) is 45.7 Å². The number of nitrogens with zero attached hydrogens (tertiary/aromatic N) is 6. The maximum atomic E-state index is 10.3. The van der Waals surface area contributed by atoms with Crippen molar-refractivity contribution in [2.24, 2.45) is 0 Å². The molecule has 4 aromatic rings. The van der Waals surface area contributed by atoms with E-state index in [0.29, 0.717) is 33.2 Å². The highest BCUT2D eigenvalue weighted by atomic mass is 35.5. The lowest BCUT2D eigenvalue weighted by atomic mass is 9.98. The fourth-order valence-electron chi connectivity index (χ4n) is 5.47. The Morgan fingerprint density at radius 1 is 1.12 bits per heavy atom. The zero-order valence-corrected chi connectivity index (χ0v) is 25.7. The smallest absolute Gasteiger partial charge is 0.109 e. The van der Waals surface area contributed by atoms with Gasteiger partial charge in [0.1, 0.15) is 11.8 Å². The fourth-order valence-corrected chi connectivity index (χ4v) is 5.73. The molecule has 0 aliphatic carbocycles. The second kappa shape index (κ2) is 11.9. The van der Waals surface area contributed by atoms with E-state index in [4.69, 9.17) is 11.6 Å². The van der Waals surface area contributed by atoms with Crippen LogP contribution in [0.3, 0.4) is 0 Å². The van der Waals surface area contributed by atoms with Crippen molar-refractivity contribution in [1.82, 2.24) is 24.9 Å². The van der Waals surface area contributed by atoms with Gasteiger partial charge in [0.25, 0.3) is 0 Å². The molecule has 9 nitrogen and oxygen atoms in total. The average Bonchev–Trinajstić information content (AvgIpc) is 3.44. The maximum Gasteiger partial charge on any atom is 0.109 e. The molecule has 2 aromatic carbocycles. The third kappa shape index (κ3) is 6.67. The largest absolute Gasteiger partial charge is 0.389 e. The van der Waals surface area contributed by atoms with E-state index in [-0.39, 0.29) is 18.1 Å². The quantitative estimate of drug-likeness (QED) is 0.224. The van der Waals surface area contributed by atoms with Gasteiger partial charge in [-0.1, -0.05) is 47.1 Å². The molecule has 0 saturated carbocycles. The van der Waals surface area contributed by atoms with Gasteiger partial charge >= 0.3 is 0 Å². The van der Waals surface area contributed by atoms with E-state index in [1.54, 1.807) is 13.8 Å². The Morgan fingerprint density at radius 2 is 1.83 bits per heavy atom. The molecule has 10 heteroatoms. The number of fused-ring (bicyclic) bond motifs is 1. The van der Waals surface area contributed by atoms with Crippen LogP contribution in [-0.2, 0) is 0 Å². The molecule has 42 heavy (non-hydrogen) atoms. The van der Waals surface area contributed by atoms with E-state index < -0.39 is 5.60 Å². The summed E-state index contributed by atoms with van der Waals surface area (Å²) in [6, 6.07) is 16.1. The zero-order chi connectivity index (χ0) is 30.1. The Kier molecular flexibility index (Phi) is 8.42. The maximum absolute atomic E-state index is 10.3. The number of hydrogen-bond donors (Lipinski definition) is 3. The molecular formula is C32H39ClN8O. The first-order valence-electron chi connectivity index (χ1n) is 14.4. The standard InChI is InChI=1S/C32H39ClN8O/c1-31(2,3)40-13-11-24(12-14-40)41-19-27(38-39-41)29(21-9-7-6-8-10-21)37-23-15-25-28(36-20-32(4,5)42)22(17-34)18-35-30(25)26(33)16-23/h6-10,15-16,18-19,24,29,37,42H,11-14,20H2,1-5H3,(H,35,36). The predicted octanol–water partition coefficient (Wildman–Crippen LogP) is 6.17. The molecule has 1 atom stereocenters. The molecule has 0 amide bonds. The van der Waals surface area contributed by atoms with Crippen molar-refractivity contribution in [3.63, 3.8) is 0 Å². The SMILES string of the molecule is CC(C)(O)CNc1c(C#N)cnc2c(Cl)cc(NC(c3ccccc3)c3cn(C4CCN(C(C)(C)C)CC4)nn3)cc12. The van der Waals surface area contributed by atoms with Crippen molar-refractivity contribution >= 4 is 33.9 Å². The molecule has 1 saturated heterocycles. The summed E-state index contributed by atoms with van der Waals surface area (Å²) in [6.07, 6.45) is 5.61. The topological polar surface area (TPSA) is 115 Å². The van der Waals surface area contributed by atoms with Gasteiger partial charge in [0.15, 0.2) is 0 Å². The summed E-state index contributed by atoms with van der Waals surface area (Å²) in [4.78, 5) is 6.98. The van der Waals surface area contributed by atoms with Crippen molar-refractivity contribution in [2.75, 3.05) is 30.3 Å². The first-order valence-corrected chi connectivity index (χ1v) is 14.8. The predicted molar refractivity (Wildman–Crippen MR) is 168 cm³/mol. The Morgan fingerprint density at radius 3 is 2.48 bits per heavy atom. The van der Waals surface area contributed by atoms with Crippen LogP contribution in [0.4, 0.5) is 11.4 Å². The van der Waals surface area contributed by atoms with Crippen LogP contribution >= 0.6 is 11.6 Å². The Hall–Kier alpha value is -3.71. The number of aliphatic hydroxyl groups is 1. The Balaban J connectivity index is 1.48. The molecule has 1 unspecified atom stereocenters. The lowest BCUT2D eigenvalue weighted by Gasteiger charge is -2.40. The summed E-state index contributed by atoms with van der Waals surface area (Å²) in [5.74, 6) is 0. The summed E-state index contributed by atoms with van der Waals surface area (Å²) in [5.41, 5.74) is 3.30. The normalized spacial score (nSPS) is 15.9. The lowest BCUT2D eigenvalue weighted by Crippen LogP contribution is -2.46. The van der Waals surface area contributed by atoms with E-state index in [2.05, 4.69) is 76.0 Å². The number of nitrogens with one attached hydrogen (secondary N) is 2. The molecule has 220 valence electrons. The number of aromatic nitrogens is 4. The molecule has 3 heterocycles. The van der Waals surface area contributed by atoms with Crippen LogP contribution in [0.25, 0.3) is 10.9 Å². The summed E-state index contributed by atoms with van der Waals surface area (Å²) in [7, 11) is 0. The van der Waals surface area contributed by atoms with Gasteiger partial charge in [-0.15, -0.1) is 5.10 Å². The van der Waals surface area contributed by atoms with Crippen molar-refractivity contribution < 1.29 is 5.11 Å². The van der Waals surface area contributed by atoms with Gasteiger partial charge in [0.2, 0.25) is 0 Å². The molecule has 2 aromatic heterocycles. The minimum Gasteiger partial charge on any atom is -0.389 e. The van der Waals surface area contributed by atoms with Crippen LogP contribution in [0.5, 0.6) is 0 Å². The van der Waals surface area contributed by atoms with Crippen molar-refractivity contribution in [2.45, 2.75) is 70.7 Å². The van der Waals surface area contributed by atoms with Crippen LogP contribution in [0, 0.1) is 11.3 Å². The molecule has 0 radical (unpaired) electrons. The van der Waals surface area contributed by atoms with E-state index >= 15 is 0 Å². The molecule has 3 N–H and O–H groups in total. The molecule has 1 aliphatic heterocycles. The number of nitriles is 1. The van der Waals surface area contributed by atoms with Gasteiger partial charge < -0.3 is 15.7 Å². The van der Waals surface area contributed by atoms with Crippen LogP contribution in [0.15, 0.2) is 54.9 Å². The summed E-state index contributed by atoms with van der Waals surface area (Å²) < 4.78 is 2.02. The Bertz CT molecular complexity index is 1570. The van der Waals surface area contributed by atoms with Crippen LogP contribution in [0.2, 0.25) is 5.02 Å². The van der Waals surface area contributed by atoms with Crippen LogP contribution in [0.1, 0.15) is 76.4 Å². The van der Waals surface area contributed by atoms with E-state index in [9.17, 15) is 10.4 Å². The molecule has 0 bridgehead atoms. The van der Waals surface area contributed by atoms with E-state index in [1.165, 1.54) is 6.20 Å². The van der Waals surface area contributed by atoms with E-state index in [0.717, 1.165) is 42.9 Å². The highest BCUT2D eigenvalue weighted by Crippen LogP contribution is 2.36. The highest BCUT2D eigenvalue weighted by molar-refractivity contribution is 6.35. The third-order valence-corrected chi connectivity index (χ3v) is 8.09. The molecular weight excluding hydrogens is 548 g/mol. The van der Waals surface area contributed by atoms with Gasteiger partial charge in [-0.2, -0.15) is 5.26 Å². The van der Waals surface area contributed by atoms with Crippen molar-refractivity contribution in [3.8, 4) is 6.07 Å². The minimum absolute atomic E-state index is 0.162. The van der Waals surface area contributed by atoms with Crippen molar-refractivity contribution in [1.29, 1.82) is 5.26 Å².